The lowest BCUT2D eigenvalue weighted by molar-refractivity contribution is -0.143. The Labute approximate surface area is 219 Å². The fourth-order valence-electron chi connectivity index (χ4n) is 3.93. The lowest BCUT2D eigenvalue weighted by Crippen LogP contribution is -2.57. The molecule has 1 heterocycles. The van der Waals surface area contributed by atoms with E-state index in [-0.39, 0.29) is 43.3 Å². The molecular formula is C25H34N4O9. The molecule has 4 atom stereocenters. The van der Waals surface area contributed by atoms with Crippen molar-refractivity contribution in [1.82, 2.24) is 21.3 Å². The third kappa shape index (κ3) is 9.71. The summed E-state index contributed by atoms with van der Waals surface area (Å²) >= 11 is 0. The summed E-state index contributed by atoms with van der Waals surface area (Å²) < 4.78 is 0. The van der Waals surface area contributed by atoms with E-state index in [0.29, 0.717) is 12.0 Å². The van der Waals surface area contributed by atoms with Crippen LogP contribution >= 0.6 is 0 Å². The number of amides is 4. The van der Waals surface area contributed by atoms with Crippen LogP contribution in [0.5, 0.6) is 5.75 Å². The molecule has 0 bridgehead atoms. The lowest BCUT2D eigenvalue weighted by Gasteiger charge is -2.26. The Morgan fingerprint density at radius 2 is 1.55 bits per heavy atom. The number of hydrogen-bond acceptors (Lipinski definition) is 7. The molecule has 1 aromatic carbocycles. The highest BCUT2D eigenvalue weighted by Gasteiger charge is 2.33. The first-order valence-electron chi connectivity index (χ1n) is 12.3. The number of aromatic hydroxyl groups is 1. The van der Waals surface area contributed by atoms with Crippen molar-refractivity contribution >= 4 is 35.6 Å². The Balaban J connectivity index is 2.22. The van der Waals surface area contributed by atoms with Crippen LogP contribution in [0.15, 0.2) is 24.3 Å². The molecule has 4 amide bonds. The maximum Gasteiger partial charge on any atom is 0.326 e. The molecule has 0 saturated carbocycles. The SMILES string of the molecule is CC(C)CC(NC(=O)C1CCC(=O)N1)C(=O)NC(Cc1ccc(O)cc1)C(=O)NC(CCC(=O)O)C(=O)O. The van der Waals surface area contributed by atoms with Gasteiger partial charge in [-0.1, -0.05) is 26.0 Å². The van der Waals surface area contributed by atoms with E-state index in [1.165, 1.54) is 24.3 Å². The van der Waals surface area contributed by atoms with Crippen LogP contribution in [-0.2, 0) is 35.2 Å². The van der Waals surface area contributed by atoms with Crippen LogP contribution in [0.25, 0.3) is 0 Å². The molecule has 13 nitrogen and oxygen atoms in total. The minimum atomic E-state index is -1.50. The average Bonchev–Trinajstić information content (AvgIpc) is 3.27. The van der Waals surface area contributed by atoms with Gasteiger partial charge in [0.25, 0.3) is 0 Å². The number of carbonyl (C=O) groups is 6. The Hall–Kier alpha value is -4.16. The zero-order valence-electron chi connectivity index (χ0n) is 21.2. The normalized spacial score (nSPS) is 17.1. The van der Waals surface area contributed by atoms with Gasteiger partial charge in [0.1, 0.15) is 29.9 Å². The number of phenols is 1. The summed E-state index contributed by atoms with van der Waals surface area (Å²) in [4.78, 5) is 73.0. The van der Waals surface area contributed by atoms with Gasteiger partial charge >= 0.3 is 11.9 Å². The molecule has 0 aliphatic carbocycles. The molecule has 1 aromatic rings. The molecule has 1 aliphatic rings. The van der Waals surface area contributed by atoms with Crippen molar-refractivity contribution < 1.29 is 44.1 Å². The van der Waals surface area contributed by atoms with Crippen LogP contribution in [-0.4, -0.2) is 75.1 Å². The van der Waals surface area contributed by atoms with Gasteiger partial charge in [-0.3, -0.25) is 24.0 Å². The summed E-state index contributed by atoms with van der Waals surface area (Å²) in [7, 11) is 0. The number of phenolic OH excluding ortho intramolecular Hbond substituents is 1. The number of benzene rings is 1. The van der Waals surface area contributed by atoms with Crippen molar-refractivity contribution in [2.75, 3.05) is 0 Å². The second kappa shape index (κ2) is 14.0. The fourth-order valence-corrected chi connectivity index (χ4v) is 3.93. The monoisotopic (exact) mass is 534 g/mol. The lowest BCUT2D eigenvalue weighted by atomic mass is 10.00. The second-order valence-electron chi connectivity index (χ2n) is 9.61. The molecule has 1 fully saturated rings. The van der Waals surface area contributed by atoms with Crippen molar-refractivity contribution in [2.45, 2.75) is 76.5 Å². The molecular weight excluding hydrogens is 500 g/mol. The van der Waals surface area contributed by atoms with Crippen LogP contribution < -0.4 is 21.3 Å². The van der Waals surface area contributed by atoms with Gasteiger partial charge in [-0.25, -0.2) is 4.79 Å². The molecule has 4 unspecified atom stereocenters. The van der Waals surface area contributed by atoms with E-state index in [2.05, 4.69) is 21.3 Å². The van der Waals surface area contributed by atoms with Gasteiger partial charge in [-0.05, 0) is 42.9 Å². The number of aliphatic carboxylic acids is 2. The Kier molecular flexibility index (Phi) is 11.0. The van der Waals surface area contributed by atoms with Crippen molar-refractivity contribution in [3.8, 4) is 5.75 Å². The minimum Gasteiger partial charge on any atom is -0.508 e. The first-order chi connectivity index (χ1) is 17.8. The highest BCUT2D eigenvalue weighted by Crippen LogP contribution is 2.14. The van der Waals surface area contributed by atoms with E-state index < -0.39 is 60.2 Å². The molecule has 7 N–H and O–H groups in total. The summed E-state index contributed by atoms with van der Waals surface area (Å²) in [6.07, 6.45) is -0.228. The molecule has 2 rings (SSSR count). The molecule has 208 valence electrons. The zero-order valence-corrected chi connectivity index (χ0v) is 21.2. The largest absolute Gasteiger partial charge is 0.508 e. The predicted molar refractivity (Wildman–Crippen MR) is 133 cm³/mol. The summed E-state index contributed by atoms with van der Waals surface area (Å²) in [6, 6.07) is 1.22. The topological polar surface area (TPSA) is 211 Å². The van der Waals surface area contributed by atoms with E-state index in [4.69, 9.17) is 5.11 Å². The third-order valence-electron chi connectivity index (χ3n) is 5.92. The molecule has 1 aliphatic heterocycles. The van der Waals surface area contributed by atoms with Crippen LogP contribution in [0.3, 0.4) is 0 Å². The van der Waals surface area contributed by atoms with E-state index in [0.717, 1.165) is 0 Å². The van der Waals surface area contributed by atoms with Crippen LogP contribution in [0.1, 0.15) is 51.5 Å². The number of rotatable bonds is 14. The van der Waals surface area contributed by atoms with Gasteiger partial charge in [0.15, 0.2) is 0 Å². The number of carboxylic acid groups (broad SMARTS) is 2. The Bertz CT molecular complexity index is 1040. The number of carboxylic acids is 2. The van der Waals surface area contributed by atoms with Gasteiger partial charge in [0, 0.05) is 19.3 Å². The quantitative estimate of drug-likeness (QED) is 0.166. The molecule has 0 radical (unpaired) electrons. The predicted octanol–water partition coefficient (Wildman–Crippen LogP) is -0.337. The summed E-state index contributed by atoms with van der Waals surface area (Å²) in [5.74, 6) is -5.05. The van der Waals surface area contributed by atoms with Crippen molar-refractivity contribution in [3.63, 3.8) is 0 Å². The fraction of sp³-hybridized carbons (Fsp3) is 0.520. The standard InChI is InChI=1S/C25H34N4O9/c1-13(2)11-18(28-22(34)16-7-9-20(31)26-16)23(35)29-19(12-14-3-5-15(30)6-4-14)24(36)27-17(25(37)38)8-10-21(32)33/h3-6,13,16-19,30H,7-12H2,1-2H3,(H,26,31)(H,27,36)(H,28,34)(H,29,35)(H,32,33)(H,37,38). The average molecular weight is 535 g/mol. The van der Waals surface area contributed by atoms with Gasteiger partial charge in [-0.2, -0.15) is 0 Å². The Morgan fingerprint density at radius 3 is 2.08 bits per heavy atom. The van der Waals surface area contributed by atoms with Gasteiger partial charge in [0.05, 0.1) is 0 Å². The molecule has 38 heavy (non-hydrogen) atoms. The summed E-state index contributed by atoms with van der Waals surface area (Å²) in [6.45, 7) is 3.68. The maximum atomic E-state index is 13.3. The summed E-state index contributed by atoms with van der Waals surface area (Å²) in [5, 5.41) is 37.9. The van der Waals surface area contributed by atoms with Gasteiger partial charge in [-0.15, -0.1) is 0 Å². The molecule has 13 heteroatoms. The van der Waals surface area contributed by atoms with E-state index in [1.807, 2.05) is 13.8 Å². The smallest absolute Gasteiger partial charge is 0.326 e. The highest BCUT2D eigenvalue weighted by atomic mass is 16.4. The minimum absolute atomic E-state index is 0.0166. The van der Waals surface area contributed by atoms with E-state index in [9.17, 15) is 39.0 Å². The summed E-state index contributed by atoms with van der Waals surface area (Å²) in [5.41, 5.74) is 0.541. The van der Waals surface area contributed by atoms with Crippen molar-refractivity contribution in [3.05, 3.63) is 29.8 Å². The van der Waals surface area contributed by atoms with Crippen LogP contribution in [0.2, 0.25) is 0 Å². The second-order valence-corrected chi connectivity index (χ2v) is 9.61. The van der Waals surface area contributed by atoms with Crippen LogP contribution in [0, 0.1) is 5.92 Å². The number of carbonyl (C=O) groups excluding carboxylic acids is 4. The van der Waals surface area contributed by atoms with E-state index in [1.54, 1.807) is 0 Å². The van der Waals surface area contributed by atoms with E-state index >= 15 is 0 Å². The van der Waals surface area contributed by atoms with Gasteiger partial charge < -0.3 is 36.6 Å². The molecule has 0 aromatic heterocycles. The van der Waals surface area contributed by atoms with Crippen molar-refractivity contribution in [2.24, 2.45) is 5.92 Å². The third-order valence-corrected chi connectivity index (χ3v) is 5.92. The van der Waals surface area contributed by atoms with Crippen molar-refractivity contribution in [1.29, 1.82) is 0 Å². The first-order valence-corrected chi connectivity index (χ1v) is 12.3. The molecule has 0 spiro atoms. The maximum absolute atomic E-state index is 13.3. The molecule has 1 saturated heterocycles. The first kappa shape index (κ1) is 30.1. The van der Waals surface area contributed by atoms with Crippen LogP contribution in [0.4, 0.5) is 0 Å². The van der Waals surface area contributed by atoms with Gasteiger partial charge in [0.2, 0.25) is 23.6 Å². The highest BCUT2D eigenvalue weighted by molar-refractivity contribution is 5.96. The number of hydrogen-bond donors (Lipinski definition) is 7. The zero-order chi connectivity index (χ0) is 28.4. The number of nitrogens with one attached hydrogen (secondary N) is 4. The Morgan fingerprint density at radius 1 is 0.947 bits per heavy atom.